The number of likely N-dealkylation sites (tertiary alicyclic amines) is 1. The molecule has 1 atom stereocenters. The molecule has 1 aliphatic carbocycles. The van der Waals surface area contributed by atoms with Crippen LogP contribution < -0.4 is 5.32 Å². The van der Waals surface area contributed by atoms with Gasteiger partial charge in [-0.05, 0) is 43.8 Å². The van der Waals surface area contributed by atoms with E-state index in [9.17, 15) is 4.79 Å². The van der Waals surface area contributed by atoms with Crippen LogP contribution in [0.25, 0.3) is 0 Å². The SMILES string of the molecule is C[C@H]1CCCN(C(=S)NC(=O)C2CC2)C1. The number of amides is 1. The van der Waals surface area contributed by atoms with Crippen molar-refractivity contribution in [2.45, 2.75) is 32.6 Å². The number of nitrogens with one attached hydrogen (secondary N) is 1. The van der Waals surface area contributed by atoms with Crippen molar-refractivity contribution in [2.75, 3.05) is 13.1 Å². The van der Waals surface area contributed by atoms with Gasteiger partial charge in [0.15, 0.2) is 5.11 Å². The molecule has 2 fully saturated rings. The van der Waals surface area contributed by atoms with E-state index in [0.29, 0.717) is 11.0 Å². The van der Waals surface area contributed by atoms with E-state index < -0.39 is 0 Å². The maximum absolute atomic E-state index is 11.5. The molecule has 15 heavy (non-hydrogen) atoms. The zero-order valence-corrected chi connectivity index (χ0v) is 9.98. The van der Waals surface area contributed by atoms with Crippen molar-refractivity contribution >= 4 is 23.2 Å². The topological polar surface area (TPSA) is 32.3 Å². The van der Waals surface area contributed by atoms with Gasteiger partial charge in [0.1, 0.15) is 0 Å². The monoisotopic (exact) mass is 226 g/mol. The highest BCUT2D eigenvalue weighted by molar-refractivity contribution is 7.80. The van der Waals surface area contributed by atoms with E-state index >= 15 is 0 Å². The predicted molar refractivity (Wildman–Crippen MR) is 63.4 cm³/mol. The molecule has 1 N–H and O–H groups in total. The first-order chi connectivity index (χ1) is 7.16. The highest BCUT2D eigenvalue weighted by Crippen LogP contribution is 2.28. The lowest BCUT2D eigenvalue weighted by Crippen LogP contribution is -2.47. The fourth-order valence-corrected chi connectivity index (χ4v) is 2.27. The van der Waals surface area contributed by atoms with Crippen LogP contribution in [-0.4, -0.2) is 29.0 Å². The first-order valence-corrected chi connectivity index (χ1v) is 6.17. The van der Waals surface area contributed by atoms with Crippen molar-refractivity contribution in [3.63, 3.8) is 0 Å². The fourth-order valence-electron chi connectivity index (χ4n) is 2.01. The molecule has 0 bridgehead atoms. The fraction of sp³-hybridized carbons (Fsp3) is 0.818. The molecule has 0 spiro atoms. The molecule has 0 unspecified atom stereocenters. The number of nitrogens with zero attached hydrogens (tertiary/aromatic N) is 1. The van der Waals surface area contributed by atoms with E-state index in [-0.39, 0.29) is 11.8 Å². The van der Waals surface area contributed by atoms with Gasteiger partial charge >= 0.3 is 0 Å². The van der Waals surface area contributed by atoms with Crippen molar-refractivity contribution in [3.05, 3.63) is 0 Å². The molecule has 1 aliphatic heterocycles. The van der Waals surface area contributed by atoms with Crippen LogP contribution in [0.4, 0.5) is 0 Å². The van der Waals surface area contributed by atoms with Crippen molar-refractivity contribution in [1.82, 2.24) is 10.2 Å². The van der Waals surface area contributed by atoms with Crippen LogP contribution in [0.5, 0.6) is 0 Å². The molecule has 0 aromatic carbocycles. The predicted octanol–water partition coefficient (Wildman–Crippen LogP) is 1.53. The summed E-state index contributed by atoms with van der Waals surface area (Å²) in [5.41, 5.74) is 0. The van der Waals surface area contributed by atoms with Crippen LogP contribution in [0.3, 0.4) is 0 Å². The van der Waals surface area contributed by atoms with Gasteiger partial charge < -0.3 is 10.2 Å². The second kappa shape index (κ2) is 4.47. The quantitative estimate of drug-likeness (QED) is 0.688. The summed E-state index contributed by atoms with van der Waals surface area (Å²) in [5.74, 6) is 1.05. The van der Waals surface area contributed by atoms with Crippen molar-refractivity contribution in [3.8, 4) is 0 Å². The second-order valence-electron chi connectivity index (χ2n) is 4.76. The number of thiocarbonyl (C=S) groups is 1. The zero-order valence-electron chi connectivity index (χ0n) is 9.16. The van der Waals surface area contributed by atoms with Crippen LogP contribution >= 0.6 is 12.2 Å². The average molecular weight is 226 g/mol. The van der Waals surface area contributed by atoms with Gasteiger partial charge in [-0.15, -0.1) is 0 Å². The molecule has 1 heterocycles. The van der Waals surface area contributed by atoms with E-state index in [1.807, 2.05) is 0 Å². The molecule has 2 rings (SSSR count). The maximum Gasteiger partial charge on any atom is 0.229 e. The molecule has 0 aromatic heterocycles. The van der Waals surface area contributed by atoms with Crippen LogP contribution in [-0.2, 0) is 4.79 Å². The molecule has 3 nitrogen and oxygen atoms in total. The zero-order chi connectivity index (χ0) is 10.8. The van der Waals surface area contributed by atoms with E-state index in [4.69, 9.17) is 12.2 Å². The summed E-state index contributed by atoms with van der Waals surface area (Å²) in [7, 11) is 0. The molecular weight excluding hydrogens is 208 g/mol. The summed E-state index contributed by atoms with van der Waals surface area (Å²) in [6.45, 7) is 4.22. The Morgan fingerprint density at radius 3 is 2.73 bits per heavy atom. The first kappa shape index (κ1) is 10.9. The van der Waals surface area contributed by atoms with Crippen LogP contribution in [0, 0.1) is 11.8 Å². The molecule has 4 heteroatoms. The van der Waals surface area contributed by atoms with Crippen LogP contribution in [0.2, 0.25) is 0 Å². The maximum atomic E-state index is 11.5. The van der Waals surface area contributed by atoms with Gasteiger partial charge in [0.2, 0.25) is 5.91 Å². The lowest BCUT2D eigenvalue weighted by Gasteiger charge is -2.32. The number of hydrogen-bond donors (Lipinski definition) is 1. The van der Waals surface area contributed by atoms with Crippen molar-refractivity contribution < 1.29 is 4.79 Å². The van der Waals surface area contributed by atoms with Crippen LogP contribution in [0.1, 0.15) is 32.6 Å². The summed E-state index contributed by atoms with van der Waals surface area (Å²) in [6, 6.07) is 0. The summed E-state index contributed by atoms with van der Waals surface area (Å²) >= 11 is 5.24. The number of hydrogen-bond acceptors (Lipinski definition) is 2. The van der Waals surface area contributed by atoms with Gasteiger partial charge in [-0.2, -0.15) is 0 Å². The third-order valence-corrected chi connectivity index (χ3v) is 3.48. The van der Waals surface area contributed by atoms with Gasteiger partial charge in [-0.25, -0.2) is 0 Å². The smallest absolute Gasteiger partial charge is 0.229 e. The lowest BCUT2D eigenvalue weighted by atomic mass is 10.0. The van der Waals surface area contributed by atoms with E-state index in [0.717, 1.165) is 25.9 Å². The molecule has 0 aromatic rings. The van der Waals surface area contributed by atoms with E-state index in [1.54, 1.807) is 0 Å². The summed E-state index contributed by atoms with van der Waals surface area (Å²) in [6.07, 6.45) is 4.52. The number of piperidine rings is 1. The highest BCUT2D eigenvalue weighted by atomic mass is 32.1. The second-order valence-corrected chi connectivity index (χ2v) is 5.15. The van der Waals surface area contributed by atoms with Gasteiger partial charge in [0.25, 0.3) is 0 Å². The Labute approximate surface area is 96.2 Å². The minimum Gasteiger partial charge on any atom is -0.349 e. The van der Waals surface area contributed by atoms with Crippen molar-refractivity contribution in [2.24, 2.45) is 11.8 Å². The summed E-state index contributed by atoms with van der Waals surface area (Å²) in [5, 5.41) is 3.49. The first-order valence-electron chi connectivity index (χ1n) is 5.76. The molecule has 0 radical (unpaired) electrons. The van der Waals surface area contributed by atoms with Gasteiger partial charge in [0.05, 0.1) is 0 Å². The summed E-state index contributed by atoms with van der Waals surface area (Å²) < 4.78 is 0. The Morgan fingerprint density at radius 2 is 2.13 bits per heavy atom. The molecular formula is C11H18N2OS. The molecule has 1 saturated heterocycles. The lowest BCUT2D eigenvalue weighted by molar-refractivity contribution is -0.121. The number of carbonyl (C=O) groups excluding carboxylic acids is 1. The molecule has 2 aliphatic rings. The highest BCUT2D eigenvalue weighted by Gasteiger charge is 2.31. The Morgan fingerprint density at radius 1 is 1.40 bits per heavy atom. The Bertz CT molecular complexity index is 276. The molecule has 84 valence electrons. The standard InChI is InChI=1S/C11H18N2OS/c1-8-3-2-6-13(7-8)11(15)12-10(14)9-4-5-9/h8-9H,2-7H2,1H3,(H,12,14,15)/t8-/m0/s1. The van der Waals surface area contributed by atoms with Crippen molar-refractivity contribution in [1.29, 1.82) is 0 Å². The van der Waals surface area contributed by atoms with Gasteiger partial charge in [0, 0.05) is 19.0 Å². The minimum absolute atomic E-state index is 0.123. The summed E-state index contributed by atoms with van der Waals surface area (Å²) in [4.78, 5) is 13.6. The normalized spacial score (nSPS) is 26.2. The van der Waals surface area contributed by atoms with E-state index in [1.165, 1.54) is 12.8 Å². The Kier molecular flexibility index (Phi) is 3.24. The molecule has 1 amide bonds. The average Bonchev–Trinajstić information content (AvgIpc) is 3.00. The third kappa shape index (κ3) is 2.91. The minimum atomic E-state index is 0.123. The van der Waals surface area contributed by atoms with Gasteiger partial charge in [-0.3, -0.25) is 4.79 Å². The largest absolute Gasteiger partial charge is 0.349 e. The van der Waals surface area contributed by atoms with Gasteiger partial charge in [-0.1, -0.05) is 6.92 Å². The third-order valence-electron chi connectivity index (χ3n) is 3.12. The molecule has 1 saturated carbocycles. The number of carbonyl (C=O) groups is 1. The Hall–Kier alpha value is -0.640. The number of rotatable bonds is 1. The van der Waals surface area contributed by atoms with E-state index in [2.05, 4.69) is 17.1 Å². The van der Waals surface area contributed by atoms with Crippen LogP contribution in [0.15, 0.2) is 0 Å². The Balaban J connectivity index is 1.81.